The number of hydrogen-bond acceptors (Lipinski definition) is 4. The zero-order chi connectivity index (χ0) is 21.8. The fraction of sp³-hybridized carbons (Fsp3) is 0.125. The summed E-state index contributed by atoms with van der Waals surface area (Å²) in [5.41, 5.74) is 1.34. The normalized spacial score (nSPS) is 10.9. The Morgan fingerprint density at radius 2 is 1.81 bits per heavy atom. The first-order valence-electron chi connectivity index (χ1n) is 9.78. The summed E-state index contributed by atoms with van der Waals surface area (Å²) >= 11 is 1.62. The van der Waals surface area contributed by atoms with Crippen molar-refractivity contribution in [1.82, 2.24) is 9.55 Å². The fourth-order valence-corrected chi connectivity index (χ4v) is 4.14. The molecule has 0 unspecified atom stereocenters. The molecule has 0 bridgehead atoms. The van der Waals surface area contributed by atoms with Gasteiger partial charge in [-0.25, -0.2) is 9.37 Å². The van der Waals surface area contributed by atoms with E-state index in [-0.39, 0.29) is 17.3 Å². The zero-order valence-electron chi connectivity index (χ0n) is 16.8. The Labute approximate surface area is 182 Å². The highest BCUT2D eigenvalue weighted by Gasteiger charge is 2.12. The molecular weight excluding hydrogens is 413 g/mol. The predicted molar refractivity (Wildman–Crippen MR) is 122 cm³/mol. The maximum absolute atomic E-state index is 13.3. The molecule has 0 fully saturated rings. The summed E-state index contributed by atoms with van der Waals surface area (Å²) in [5, 5.41) is 3.23. The molecule has 7 heteroatoms. The standard InChI is InChI=1S/C24H20FN3O2S/c1-16-26-22-12-9-18(27-23(29)13-14-31-20-5-3-2-4-6-20)15-21(22)24(30)28(16)19-10-7-17(25)8-11-19/h2-12,15H,13-14H2,1H3,(H,27,29). The molecule has 0 aliphatic rings. The number of carbonyl (C=O) groups excluding carboxylic acids is 1. The number of thioether (sulfide) groups is 1. The lowest BCUT2D eigenvalue weighted by atomic mass is 10.2. The highest BCUT2D eigenvalue weighted by atomic mass is 32.2. The first kappa shape index (κ1) is 20.8. The number of fused-ring (bicyclic) bond motifs is 1. The van der Waals surface area contributed by atoms with Crippen molar-refractivity contribution in [2.24, 2.45) is 0 Å². The van der Waals surface area contributed by atoms with E-state index < -0.39 is 0 Å². The topological polar surface area (TPSA) is 64.0 Å². The molecular formula is C24H20FN3O2S. The highest BCUT2D eigenvalue weighted by molar-refractivity contribution is 7.99. The smallest absolute Gasteiger partial charge is 0.266 e. The van der Waals surface area contributed by atoms with Gasteiger partial charge >= 0.3 is 0 Å². The molecule has 0 saturated carbocycles. The highest BCUT2D eigenvalue weighted by Crippen LogP contribution is 2.20. The van der Waals surface area contributed by atoms with E-state index in [9.17, 15) is 14.0 Å². The van der Waals surface area contributed by atoms with E-state index in [1.165, 1.54) is 28.8 Å². The molecule has 0 spiro atoms. The third-order valence-electron chi connectivity index (χ3n) is 4.75. The quantitative estimate of drug-likeness (QED) is 0.437. The Kier molecular flexibility index (Phi) is 6.13. The van der Waals surface area contributed by atoms with Gasteiger partial charge in [-0.2, -0.15) is 0 Å². The number of rotatable bonds is 6. The van der Waals surface area contributed by atoms with Crippen molar-refractivity contribution in [3.63, 3.8) is 0 Å². The molecule has 4 aromatic rings. The maximum Gasteiger partial charge on any atom is 0.266 e. The Balaban J connectivity index is 1.53. The molecule has 156 valence electrons. The van der Waals surface area contributed by atoms with E-state index in [0.29, 0.717) is 40.3 Å². The number of nitrogens with zero attached hydrogens (tertiary/aromatic N) is 2. The van der Waals surface area contributed by atoms with Crippen LogP contribution >= 0.6 is 11.8 Å². The van der Waals surface area contributed by atoms with E-state index in [4.69, 9.17) is 0 Å². The number of aromatic nitrogens is 2. The molecule has 0 saturated heterocycles. The molecule has 3 aromatic carbocycles. The molecule has 1 aromatic heterocycles. The van der Waals surface area contributed by atoms with Crippen LogP contribution in [0.2, 0.25) is 0 Å². The van der Waals surface area contributed by atoms with Crippen molar-refractivity contribution in [3.8, 4) is 5.69 Å². The number of aryl methyl sites for hydroxylation is 1. The lowest BCUT2D eigenvalue weighted by molar-refractivity contribution is -0.115. The largest absolute Gasteiger partial charge is 0.326 e. The van der Waals surface area contributed by atoms with Gasteiger partial charge in [0.2, 0.25) is 5.91 Å². The van der Waals surface area contributed by atoms with E-state index in [0.717, 1.165) is 4.90 Å². The summed E-state index contributed by atoms with van der Waals surface area (Å²) < 4.78 is 14.7. The van der Waals surface area contributed by atoms with Gasteiger partial charge in [0.05, 0.1) is 16.6 Å². The lowest BCUT2D eigenvalue weighted by Gasteiger charge is -2.12. The van der Waals surface area contributed by atoms with Gasteiger partial charge < -0.3 is 5.32 Å². The van der Waals surface area contributed by atoms with Crippen molar-refractivity contribution in [2.75, 3.05) is 11.1 Å². The molecule has 5 nitrogen and oxygen atoms in total. The molecule has 0 aliphatic heterocycles. The summed E-state index contributed by atoms with van der Waals surface area (Å²) in [6.07, 6.45) is 0.351. The van der Waals surface area contributed by atoms with Crippen molar-refractivity contribution in [1.29, 1.82) is 0 Å². The molecule has 4 rings (SSSR count). The second-order valence-electron chi connectivity index (χ2n) is 6.97. The van der Waals surface area contributed by atoms with Crippen LogP contribution in [-0.2, 0) is 4.79 Å². The molecule has 1 heterocycles. The van der Waals surface area contributed by atoms with Crippen molar-refractivity contribution < 1.29 is 9.18 Å². The van der Waals surface area contributed by atoms with Crippen LogP contribution in [0.25, 0.3) is 16.6 Å². The van der Waals surface area contributed by atoms with Crippen LogP contribution in [0.1, 0.15) is 12.2 Å². The van der Waals surface area contributed by atoms with Gasteiger partial charge in [0.15, 0.2) is 0 Å². The summed E-state index contributed by atoms with van der Waals surface area (Å²) in [6.45, 7) is 1.73. The van der Waals surface area contributed by atoms with Gasteiger partial charge in [0.1, 0.15) is 11.6 Å². The van der Waals surface area contributed by atoms with Crippen LogP contribution in [0, 0.1) is 12.7 Å². The number of amides is 1. The van der Waals surface area contributed by atoms with Gasteiger partial charge in [0.25, 0.3) is 5.56 Å². The summed E-state index contributed by atoms with van der Waals surface area (Å²) in [6, 6.07) is 20.7. The Bertz CT molecular complexity index is 1290. The molecule has 1 amide bonds. The van der Waals surface area contributed by atoms with Crippen molar-refractivity contribution in [3.05, 3.63) is 94.8 Å². The van der Waals surface area contributed by atoms with Gasteiger partial charge in [-0.05, 0) is 61.5 Å². The molecule has 0 aliphatic carbocycles. The first-order chi connectivity index (χ1) is 15.0. The number of anilines is 1. The van der Waals surface area contributed by atoms with E-state index >= 15 is 0 Å². The van der Waals surface area contributed by atoms with E-state index in [1.54, 1.807) is 36.9 Å². The van der Waals surface area contributed by atoms with Crippen molar-refractivity contribution in [2.45, 2.75) is 18.2 Å². The predicted octanol–water partition coefficient (Wildman–Crippen LogP) is 4.95. The minimum Gasteiger partial charge on any atom is -0.326 e. The summed E-state index contributed by atoms with van der Waals surface area (Å²) in [5.74, 6) is 0.654. The number of benzene rings is 3. The van der Waals surface area contributed by atoms with Crippen LogP contribution in [0.3, 0.4) is 0 Å². The second kappa shape index (κ2) is 9.14. The minimum absolute atomic E-state index is 0.123. The first-order valence-corrected chi connectivity index (χ1v) is 10.8. The van der Waals surface area contributed by atoms with Gasteiger partial charge in [-0.15, -0.1) is 11.8 Å². The average Bonchev–Trinajstić information content (AvgIpc) is 2.76. The summed E-state index contributed by atoms with van der Waals surface area (Å²) in [7, 11) is 0. The number of halogens is 1. The van der Waals surface area contributed by atoms with Crippen LogP contribution in [0.15, 0.2) is 82.5 Å². The molecule has 31 heavy (non-hydrogen) atoms. The maximum atomic E-state index is 13.3. The third kappa shape index (κ3) is 4.83. The summed E-state index contributed by atoms with van der Waals surface area (Å²) in [4.78, 5) is 31.1. The fourth-order valence-electron chi connectivity index (χ4n) is 3.27. The van der Waals surface area contributed by atoms with Gasteiger partial charge in [0, 0.05) is 22.8 Å². The zero-order valence-corrected chi connectivity index (χ0v) is 17.7. The number of hydrogen-bond donors (Lipinski definition) is 1. The van der Waals surface area contributed by atoms with Gasteiger partial charge in [-0.3, -0.25) is 14.2 Å². The van der Waals surface area contributed by atoms with Crippen LogP contribution in [0.4, 0.5) is 10.1 Å². The van der Waals surface area contributed by atoms with E-state index in [1.807, 2.05) is 30.3 Å². The molecule has 0 atom stereocenters. The van der Waals surface area contributed by atoms with Gasteiger partial charge in [-0.1, -0.05) is 18.2 Å². The molecule has 0 radical (unpaired) electrons. The Hall–Kier alpha value is -3.45. The SMILES string of the molecule is Cc1nc2ccc(NC(=O)CCSc3ccccc3)cc2c(=O)n1-c1ccc(F)cc1. The minimum atomic E-state index is -0.376. The number of nitrogens with one attached hydrogen (secondary N) is 1. The number of carbonyl (C=O) groups is 1. The second-order valence-corrected chi connectivity index (χ2v) is 8.14. The Morgan fingerprint density at radius 3 is 2.55 bits per heavy atom. The monoisotopic (exact) mass is 433 g/mol. The van der Waals surface area contributed by atoms with Crippen LogP contribution in [0.5, 0.6) is 0 Å². The average molecular weight is 434 g/mol. The van der Waals surface area contributed by atoms with Crippen LogP contribution in [-0.4, -0.2) is 21.2 Å². The molecule has 1 N–H and O–H groups in total. The van der Waals surface area contributed by atoms with E-state index in [2.05, 4.69) is 10.3 Å². The van der Waals surface area contributed by atoms with Crippen molar-refractivity contribution >= 4 is 34.3 Å². The third-order valence-corrected chi connectivity index (χ3v) is 5.76. The lowest BCUT2D eigenvalue weighted by Crippen LogP contribution is -2.22. The Morgan fingerprint density at radius 1 is 1.06 bits per heavy atom. The van der Waals surface area contributed by atoms with Crippen LogP contribution < -0.4 is 10.9 Å².